The molecule has 0 spiro atoms. The Morgan fingerprint density at radius 3 is 2.37 bits per heavy atom. The summed E-state index contributed by atoms with van der Waals surface area (Å²) in [5.41, 5.74) is 6.02. The Morgan fingerprint density at radius 2 is 1.73 bits per heavy atom. The Morgan fingerprint density at radius 1 is 1.07 bits per heavy atom. The molecular formula is C19H20N4O6S. The first-order chi connectivity index (χ1) is 14.3. The minimum absolute atomic E-state index is 0.0197. The molecule has 2 N–H and O–H groups in total. The number of rotatable bonds is 7. The number of non-ortho nitro benzene ring substituents is 1. The van der Waals surface area contributed by atoms with Gasteiger partial charge in [-0.1, -0.05) is 12.6 Å². The fourth-order valence-electron chi connectivity index (χ4n) is 2.79. The van der Waals surface area contributed by atoms with Crippen LogP contribution in [0.1, 0.15) is 15.9 Å². The number of carbonyl (C=O) groups is 1. The van der Waals surface area contributed by atoms with Gasteiger partial charge in [0.25, 0.3) is 11.6 Å². The molecule has 2 aromatic rings. The molecule has 1 fully saturated rings. The van der Waals surface area contributed by atoms with E-state index >= 15 is 0 Å². The van der Waals surface area contributed by atoms with Crippen molar-refractivity contribution in [2.75, 3.05) is 26.3 Å². The first-order valence-electron chi connectivity index (χ1n) is 8.97. The highest BCUT2D eigenvalue weighted by Crippen LogP contribution is 2.19. The van der Waals surface area contributed by atoms with Crippen LogP contribution in [0.5, 0.6) is 0 Å². The highest BCUT2D eigenvalue weighted by Gasteiger charge is 2.26. The van der Waals surface area contributed by atoms with Crippen LogP contribution >= 0.6 is 0 Å². The number of benzene rings is 2. The van der Waals surface area contributed by atoms with E-state index in [1.165, 1.54) is 52.8 Å². The van der Waals surface area contributed by atoms with E-state index in [1.54, 1.807) is 0 Å². The number of hydrogen-bond donors (Lipinski definition) is 2. The maximum atomic E-state index is 12.7. The highest BCUT2D eigenvalue weighted by atomic mass is 32.2. The molecule has 3 rings (SSSR count). The Bertz CT molecular complexity index is 1060. The topological polar surface area (TPSA) is 131 Å². The summed E-state index contributed by atoms with van der Waals surface area (Å²) in [5, 5.41) is 10.7. The third-order valence-electron chi connectivity index (χ3n) is 4.46. The van der Waals surface area contributed by atoms with E-state index in [1.807, 2.05) is 0 Å². The second-order valence-corrected chi connectivity index (χ2v) is 8.34. The predicted molar refractivity (Wildman–Crippen MR) is 109 cm³/mol. The van der Waals surface area contributed by atoms with Gasteiger partial charge in [0.15, 0.2) is 0 Å². The number of nitro groups is 1. The lowest BCUT2D eigenvalue weighted by atomic mass is 10.1. The van der Waals surface area contributed by atoms with Gasteiger partial charge in [-0.15, -0.1) is 0 Å². The second kappa shape index (κ2) is 9.03. The summed E-state index contributed by atoms with van der Waals surface area (Å²) in [4.78, 5) is 22.7. The Balaban J connectivity index is 1.66. The molecule has 0 unspecified atom stereocenters. The van der Waals surface area contributed by atoms with Crippen molar-refractivity contribution >= 4 is 27.3 Å². The van der Waals surface area contributed by atoms with E-state index in [9.17, 15) is 23.3 Å². The summed E-state index contributed by atoms with van der Waals surface area (Å²) in [6.45, 7) is 4.95. The first kappa shape index (κ1) is 21.4. The van der Waals surface area contributed by atoms with Gasteiger partial charge in [-0.05, 0) is 35.9 Å². The molecule has 2 aromatic carbocycles. The number of hydrogen-bond acceptors (Lipinski definition) is 7. The molecule has 10 nitrogen and oxygen atoms in total. The molecule has 0 atom stereocenters. The smallest absolute Gasteiger partial charge is 0.269 e. The van der Waals surface area contributed by atoms with E-state index in [2.05, 4.69) is 17.4 Å². The van der Waals surface area contributed by atoms with Crippen molar-refractivity contribution in [1.82, 2.24) is 15.2 Å². The van der Waals surface area contributed by atoms with E-state index in [0.29, 0.717) is 24.5 Å². The number of nitrogens with one attached hydrogen (secondary N) is 2. The Kier molecular flexibility index (Phi) is 6.45. The van der Waals surface area contributed by atoms with Crippen molar-refractivity contribution in [2.24, 2.45) is 0 Å². The van der Waals surface area contributed by atoms with Crippen molar-refractivity contribution < 1.29 is 22.9 Å². The number of carbonyl (C=O) groups excluding carboxylic acids is 1. The molecule has 158 valence electrons. The third kappa shape index (κ3) is 4.82. The van der Waals surface area contributed by atoms with Crippen LogP contribution in [-0.4, -0.2) is 49.9 Å². The fourth-order valence-corrected chi connectivity index (χ4v) is 4.25. The molecule has 1 saturated heterocycles. The van der Waals surface area contributed by atoms with Gasteiger partial charge in [0, 0.05) is 30.8 Å². The van der Waals surface area contributed by atoms with Gasteiger partial charge >= 0.3 is 0 Å². The Labute approximate surface area is 173 Å². The molecule has 1 amide bonds. The summed E-state index contributed by atoms with van der Waals surface area (Å²) in [5.74, 6) is -0.558. The minimum Gasteiger partial charge on any atom is -0.379 e. The lowest BCUT2D eigenvalue weighted by Crippen LogP contribution is -2.40. The number of sulfonamides is 1. The molecular weight excluding hydrogens is 412 g/mol. The van der Waals surface area contributed by atoms with Crippen molar-refractivity contribution in [1.29, 1.82) is 0 Å². The van der Waals surface area contributed by atoms with Crippen LogP contribution in [-0.2, 0) is 14.8 Å². The van der Waals surface area contributed by atoms with Crippen molar-refractivity contribution in [3.05, 3.63) is 76.4 Å². The van der Waals surface area contributed by atoms with Gasteiger partial charge in [0.1, 0.15) is 0 Å². The fraction of sp³-hybridized carbons (Fsp3) is 0.211. The Hall–Kier alpha value is -3.28. The van der Waals surface area contributed by atoms with Crippen molar-refractivity contribution in [3.8, 4) is 0 Å². The SMILES string of the molecule is C=C(NNC(=O)c1cccc(S(=O)(=O)N2CCOCC2)c1)c1ccc([N+](=O)[O-])cc1. The van der Waals surface area contributed by atoms with Gasteiger partial charge in [-0.2, -0.15) is 4.31 Å². The number of amides is 1. The van der Waals surface area contributed by atoms with Crippen LogP contribution < -0.4 is 10.9 Å². The zero-order valence-electron chi connectivity index (χ0n) is 15.9. The summed E-state index contributed by atoms with van der Waals surface area (Å²) in [7, 11) is -3.72. The maximum absolute atomic E-state index is 12.7. The van der Waals surface area contributed by atoms with E-state index in [0.717, 1.165) is 0 Å². The zero-order valence-corrected chi connectivity index (χ0v) is 16.7. The van der Waals surface area contributed by atoms with Crippen LogP contribution in [0.4, 0.5) is 5.69 Å². The number of nitro benzene ring substituents is 1. The third-order valence-corrected chi connectivity index (χ3v) is 6.35. The van der Waals surface area contributed by atoms with E-state index in [-0.39, 0.29) is 29.2 Å². The quantitative estimate of drug-likeness (QED) is 0.501. The molecule has 0 saturated carbocycles. The second-order valence-electron chi connectivity index (χ2n) is 6.41. The molecule has 0 aliphatic carbocycles. The van der Waals surface area contributed by atoms with Crippen LogP contribution in [0.15, 0.2) is 60.0 Å². The summed E-state index contributed by atoms with van der Waals surface area (Å²) in [6.07, 6.45) is 0. The lowest BCUT2D eigenvalue weighted by molar-refractivity contribution is -0.384. The lowest BCUT2D eigenvalue weighted by Gasteiger charge is -2.26. The maximum Gasteiger partial charge on any atom is 0.269 e. The number of morpholine rings is 1. The van der Waals surface area contributed by atoms with Gasteiger partial charge in [-0.25, -0.2) is 8.42 Å². The molecule has 0 radical (unpaired) electrons. The molecule has 1 aliphatic heterocycles. The summed E-state index contributed by atoms with van der Waals surface area (Å²) < 4.78 is 32.0. The van der Waals surface area contributed by atoms with Crippen LogP contribution in [0.25, 0.3) is 5.70 Å². The molecule has 1 aliphatic rings. The number of hydrazine groups is 1. The monoisotopic (exact) mass is 432 g/mol. The van der Waals surface area contributed by atoms with E-state index < -0.39 is 20.9 Å². The van der Waals surface area contributed by atoms with Crippen LogP contribution in [0, 0.1) is 10.1 Å². The first-order valence-corrected chi connectivity index (χ1v) is 10.4. The number of nitrogens with zero attached hydrogens (tertiary/aromatic N) is 2. The molecule has 1 heterocycles. The van der Waals surface area contributed by atoms with Crippen molar-refractivity contribution in [3.63, 3.8) is 0 Å². The number of ether oxygens (including phenoxy) is 1. The minimum atomic E-state index is -3.72. The average Bonchev–Trinajstić information content (AvgIpc) is 2.78. The van der Waals surface area contributed by atoms with Gasteiger partial charge in [0.2, 0.25) is 10.0 Å². The normalized spacial score (nSPS) is 14.7. The largest absolute Gasteiger partial charge is 0.379 e. The van der Waals surface area contributed by atoms with Gasteiger partial charge < -0.3 is 4.74 Å². The molecule has 30 heavy (non-hydrogen) atoms. The molecule has 11 heteroatoms. The van der Waals surface area contributed by atoms with Crippen LogP contribution in [0.3, 0.4) is 0 Å². The van der Waals surface area contributed by atoms with Gasteiger partial charge in [-0.3, -0.25) is 25.8 Å². The standard InChI is InChI=1S/C19H20N4O6S/c1-14(15-5-7-17(8-6-15)23(25)26)20-21-19(24)16-3-2-4-18(13-16)30(27,28)22-9-11-29-12-10-22/h2-8,13,20H,1,9-12H2,(H,21,24). The van der Waals surface area contributed by atoms with E-state index in [4.69, 9.17) is 4.74 Å². The van der Waals surface area contributed by atoms with Gasteiger partial charge in [0.05, 0.1) is 28.7 Å². The van der Waals surface area contributed by atoms with Crippen molar-refractivity contribution in [2.45, 2.75) is 4.90 Å². The average molecular weight is 432 g/mol. The predicted octanol–water partition coefficient (Wildman–Crippen LogP) is 1.52. The zero-order chi connectivity index (χ0) is 21.7. The highest BCUT2D eigenvalue weighted by molar-refractivity contribution is 7.89. The molecule has 0 aromatic heterocycles. The summed E-state index contributed by atoms with van der Waals surface area (Å²) in [6, 6.07) is 11.4. The molecule has 0 bridgehead atoms. The van der Waals surface area contributed by atoms with Crippen LogP contribution in [0.2, 0.25) is 0 Å². The summed E-state index contributed by atoms with van der Waals surface area (Å²) >= 11 is 0.